The molecule has 124 valence electrons. The minimum atomic E-state index is -4.00. The second kappa shape index (κ2) is 6.39. The Morgan fingerprint density at radius 3 is 2.32 bits per heavy atom. The number of ether oxygens (including phenoxy) is 2. The molecule has 1 aromatic carbocycles. The van der Waals surface area contributed by atoms with Gasteiger partial charge in [-0.1, -0.05) is 0 Å². The van der Waals surface area contributed by atoms with Gasteiger partial charge in [0.15, 0.2) is 11.5 Å². The zero-order valence-electron chi connectivity index (χ0n) is 12.9. The Hall–Kier alpha value is -1.38. The Bertz CT molecular complexity index is 646. The molecule has 2 N–H and O–H groups in total. The number of methoxy groups -OCH3 is 2. The Morgan fingerprint density at radius 1 is 1.32 bits per heavy atom. The van der Waals surface area contributed by atoms with Crippen molar-refractivity contribution in [3.8, 4) is 11.5 Å². The zero-order valence-corrected chi connectivity index (χ0v) is 13.7. The van der Waals surface area contributed by atoms with Crippen molar-refractivity contribution in [3.63, 3.8) is 0 Å². The molecule has 0 heterocycles. The van der Waals surface area contributed by atoms with Gasteiger partial charge in [0.1, 0.15) is 10.7 Å². The van der Waals surface area contributed by atoms with Crippen LogP contribution < -0.4 is 15.2 Å². The van der Waals surface area contributed by atoms with E-state index < -0.39 is 20.7 Å². The van der Waals surface area contributed by atoms with Gasteiger partial charge in [0.05, 0.1) is 14.2 Å². The van der Waals surface area contributed by atoms with Gasteiger partial charge in [0.2, 0.25) is 10.0 Å². The molecule has 0 saturated heterocycles. The van der Waals surface area contributed by atoms with Crippen molar-refractivity contribution in [2.24, 2.45) is 11.7 Å². The predicted octanol–water partition coefficient (Wildman–Crippen LogP) is 1.20. The van der Waals surface area contributed by atoms with Crippen LogP contribution in [0.15, 0.2) is 17.0 Å². The molecule has 8 heteroatoms. The third-order valence-corrected chi connectivity index (χ3v) is 5.87. The first-order valence-corrected chi connectivity index (χ1v) is 8.40. The maximum atomic E-state index is 14.2. The second-order valence-electron chi connectivity index (χ2n) is 5.30. The highest BCUT2D eigenvalue weighted by molar-refractivity contribution is 7.89. The van der Waals surface area contributed by atoms with E-state index in [1.807, 2.05) is 0 Å². The largest absolute Gasteiger partial charge is 0.493 e. The van der Waals surface area contributed by atoms with Gasteiger partial charge in [-0.25, -0.2) is 12.8 Å². The summed E-state index contributed by atoms with van der Waals surface area (Å²) in [6.45, 7) is 0.204. The quantitative estimate of drug-likeness (QED) is 0.811. The maximum Gasteiger partial charge on any atom is 0.246 e. The van der Waals surface area contributed by atoms with E-state index in [0.29, 0.717) is 0 Å². The van der Waals surface area contributed by atoms with Gasteiger partial charge in [0.25, 0.3) is 0 Å². The number of rotatable bonds is 7. The van der Waals surface area contributed by atoms with Gasteiger partial charge < -0.3 is 15.2 Å². The normalized spacial score (nSPS) is 16.6. The molecule has 1 atom stereocenters. The molecule has 1 fully saturated rings. The summed E-state index contributed by atoms with van der Waals surface area (Å²) in [5.74, 6) is -0.338. The number of likely N-dealkylation sites (N-methyl/N-ethyl adjacent to an activating group) is 1. The van der Waals surface area contributed by atoms with Crippen LogP contribution in [0.2, 0.25) is 0 Å². The molecule has 1 unspecified atom stereocenters. The van der Waals surface area contributed by atoms with E-state index >= 15 is 0 Å². The van der Waals surface area contributed by atoms with Crippen LogP contribution in [-0.4, -0.2) is 46.6 Å². The van der Waals surface area contributed by atoms with Crippen LogP contribution in [0, 0.1) is 11.7 Å². The lowest BCUT2D eigenvalue weighted by atomic mass is 10.2. The van der Waals surface area contributed by atoms with Gasteiger partial charge in [-0.05, 0) is 18.8 Å². The Morgan fingerprint density at radius 2 is 1.86 bits per heavy atom. The highest BCUT2D eigenvalue weighted by Crippen LogP contribution is 2.38. The van der Waals surface area contributed by atoms with Crippen LogP contribution in [0.4, 0.5) is 4.39 Å². The number of benzene rings is 1. The maximum absolute atomic E-state index is 14.2. The summed E-state index contributed by atoms with van der Waals surface area (Å²) in [6, 6.07) is 1.83. The standard InChI is InChI=1S/C14H21FN2O4S/c1-17(11(8-16)9-4-5-9)22(18,19)14-7-13(21-3)12(20-2)6-10(14)15/h6-7,9,11H,4-5,8,16H2,1-3H3. The molecular weight excluding hydrogens is 311 g/mol. The van der Waals surface area contributed by atoms with Crippen molar-refractivity contribution in [1.82, 2.24) is 4.31 Å². The van der Waals surface area contributed by atoms with Gasteiger partial charge in [-0.2, -0.15) is 4.31 Å². The minimum absolute atomic E-state index is 0.138. The highest BCUT2D eigenvalue weighted by atomic mass is 32.2. The number of hydrogen-bond acceptors (Lipinski definition) is 5. The van der Waals surface area contributed by atoms with E-state index in [4.69, 9.17) is 15.2 Å². The summed E-state index contributed by atoms with van der Waals surface area (Å²) in [5, 5.41) is 0. The first-order chi connectivity index (χ1) is 10.4. The molecule has 22 heavy (non-hydrogen) atoms. The zero-order chi connectivity index (χ0) is 16.5. The lowest BCUT2D eigenvalue weighted by Gasteiger charge is -2.26. The molecule has 0 radical (unpaired) electrons. The molecule has 0 spiro atoms. The average molecular weight is 332 g/mol. The number of nitrogens with two attached hydrogens (primary N) is 1. The van der Waals surface area contributed by atoms with Crippen LogP contribution in [0.25, 0.3) is 0 Å². The molecular formula is C14H21FN2O4S. The monoisotopic (exact) mass is 332 g/mol. The summed E-state index contributed by atoms with van der Waals surface area (Å²) < 4.78 is 50.8. The third kappa shape index (κ3) is 3.04. The van der Waals surface area contributed by atoms with Crippen molar-refractivity contribution < 1.29 is 22.3 Å². The summed E-state index contributed by atoms with van der Waals surface area (Å²) in [4.78, 5) is -0.438. The van der Waals surface area contributed by atoms with Crippen molar-refractivity contribution >= 4 is 10.0 Å². The summed E-state index contributed by atoms with van der Waals surface area (Å²) in [5.41, 5.74) is 5.68. The molecule has 2 rings (SSSR count). The van der Waals surface area contributed by atoms with Crippen molar-refractivity contribution in [3.05, 3.63) is 17.9 Å². The number of sulfonamides is 1. The van der Waals surface area contributed by atoms with Crippen LogP contribution in [-0.2, 0) is 10.0 Å². The molecule has 1 saturated carbocycles. The van der Waals surface area contributed by atoms with E-state index in [1.54, 1.807) is 0 Å². The predicted molar refractivity (Wildman–Crippen MR) is 80.0 cm³/mol. The number of hydrogen-bond donors (Lipinski definition) is 1. The molecule has 0 aromatic heterocycles. The summed E-state index contributed by atoms with van der Waals surface area (Å²) >= 11 is 0. The summed E-state index contributed by atoms with van der Waals surface area (Å²) in [7, 11) is 0.151. The smallest absolute Gasteiger partial charge is 0.246 e. The van der Waals surface area contributed by atoms with Gasteiger partial charge in [-0.15, -0.1) is 0 Å². The van der Waals surface area contributed by atoms with Crippen LogP contribution in [0.1, 0.15) is 12.8 Å². The van der Waals surface area contributed by atoms with Crippen molar-refractivity contribution in [1.29, 1.82) is 0 Å². The molecule has 6 nitrogen and oxygen atoms in total. The molecule has 0 aliphatic heterocycles. The Balaban J connectivity index is 2.44. The minimum Gasteiger partial charge on any atom is -0.493 e. The van der Waals surface area contributed by atoms with Gasteiger partial charge in [0, 0.05) is 31.8 Å². The number of halogens is 1. The van der Waals surface area contributed by atoms with Crippen LogP contribution >= 0.6 is 0 Å². The molecule has 0 bridgehead atoms. The van der Waals surface area contributed by atoms with E-state index in [-0.39, 0.29) is 30.0 Å². The topological polar surface area (TPSA) is 81.9 Å². The average Bonchev–Trinajstić information content (AvgIpc) is 3.32. The SMILES string of the molecule is COc1cc(F)c(S(=O)(=O)N(C)C(CN)C2CC2)cc1OC. The fourth-order valence-electron chi connectivity index (χ4n) is 2.49. The molecule has 0 amide bonds. The van der Waals surface area contributed by atoms with Crippen molar-refractivity contribution in [2.75, 3.05) is 27.8 Å². The Kier molecular flexibility index (Phi) is 4.93. The third-order valence-electron chi connectivity index (χ3n) is 3.97. The second-order valence-corrected chi connectivity index (χ2v) is 7.27. The van der Waals surface area contributed by atoms with Crippen LogP contribution in [0.5, 0.6) is 11.5 Å². The first-order valence-electron chi connectivity index (χ1n) is 6.96. The van der Waals surface area contributed by atoms with E-state index in [2.05, 4.69) is 0 Å². The lowest BCUT2D eigenvalue weighted by molar-refractivity contribution is 0.335. The summed E-state index contributed by atoms with van der Waals surface area (Å²) in [6.07, 6.45) is 1.88. The Labute approximate surface area is 130 Å². The molecule has 1 aliphatic carbocycles. The highest BCUT2D eigenvalue weighted by Gasteiger charge is 2.39. The van der Waals surface area contributed by atoms with E-state index in [1.165, 1.54) is 21.3 Å². The molecule has 1 aliphatic rings. The lowest BCUT2D eigenvalue weighted by Crippen LogP contribution is -2.43. The van der Waals surface area contributed by atoms with E-state index in [0.717, 1.165) is 29.3 Å². The van der Waals surface area contributed by atoms with Gasteiger partial charge in [-0.3, -0.25) is 0 Å². The number of nitrogens with zero attached hydrogens (tertiary/aromatic N) is 1. The van der Waals surface area contributed by atoms with Crippen LogP contribution in [0.3, 0.4) is 0 Å². The molecule has 1 aromatic rings. The fourth-order valence-corrected chi connectivity index (χ4v) is 3.97. The van der Waals surface area contributed by atoms with E-state index in [9.17, 15) is 12.8 Å². The fraction of sp³-hybridized carbons (Fsp3) is 0.571. The first kappa shape index (κ1) is 17.0. The van der Waals surface area contributed by atoms with Crippen molar-refractivity contribution in [2.45, 2.75) is 23.8 Å². The van der Waals surface area contributed by atoms with Gasteiger partial charge >= 0.3 is 0 Å².